The minimum absolute atomic E-state index is 0.207. The van der Waals surface area contributed by atoms with Gasteiger partial charge in [0.05, 0.1) is 6.04 Å². The van der Waals surface area contributed by atoms with Gasteiger partial charge in [-0.3, -0.25) is 0 Å². The number of carbonyl (C=O) groups is 1. The van der Waals surface area contributed by atoms with Crippen LogP contribution in [0.5, 0.6) is 0 Å². The van der Waals surface area contributed by atoms with Crippen molar-refractivity contribution in [1.82, 2.24) is 19.8 Å². The molecule has 2 aliphatic rings. The van der Waals surface area contributed by atoms with Crippen LogP contribution in [0.2, 0.25) is 5.28 Å². The molecule has 2 fully saturated rings. The fourth-order valence-electron chi connectivity index (χ4n) is 3.05. The molecule has 1 atom stereocenters. The molecule has 2 aliphatic heterocycles. The first-order valence-electron chi connectivity index (χ1n) is 7.43. The molecule has 0 unspecified atom stereocenters. The molecule has 0 aromatic carbocycles. The molecule has 1 aromatic rings. The molecule has 2 saturated heterocycles. The van der Waals surface area contributed by atoms with Gasteiger partial charge < -0.3 is 15.1 Å². The first-order chi connectivity index (χ1) is 10.1. The van der Waals surface area contributed by atoms with Gasteiger partial charge in [0, 0.05) is 37.9 Å². The molecular formula is C14H20ClN5O. The molecule has 6 nitrogen and oxygen atoms in total. The highest BCUT2D eigenvalue weighted by molar-refractivity contribution is 6.28. The second-order valence-corrected chi connectivity index (χ2v) is 6.01. The number of aryl methyl sites for hydroxylation is 1. The third-order valence-electron chi connectivity index (χ3n) is 4.16. The van der Waals surface area contributed by atoms with Crippen LogP contribution in [0, 0.1) is 6.92 Å². The van der Waals surface area contributed by atoms with E-state index in [1.165, 1.54) is 0 Å². The van der Waals surface area contributed by atoms with Crippen molar-refractivity contribution in [2.45, 2.75) is 32.2 Å². The second kappa shape index (κ2) is 6.05. The quantitative estimate of drug-likeness (QED) is 0.668. The zero-order valence-corrected chi connectivity index (χ0v) is 12.9. The lowest BCUT2D eigenvalue weighted by molar-refractivity contribution is 0.193. The zero-order chi connectivity index (χ0) is 14.8. The van der Waals surface area contributed by atoms with E-state index in [0.717, 1.165) is 56.8 Å². The van der Waals surface area contributed by atoms with E-state index < -0.39 is 0 Å². The summed E-state index contributed by atoms with van der Waals surface area (Å²) in [6.07, 6.45) is 4.90. The van der Waals surface area contributed by atoms with Gasteiger partial charge in [-0.2, -0.15) is 0 Å². The molecule has 3 rings (SSSR count). The highest BCUT2D eigenvalue weighted by Gasteiger charge is 2.39. The third kappa shape index (κ3) is 3.05. The van der Waals surface area contributed by atoms with E-state index in [2.05, 4.69) is 15.3 Å². The fraction of sp³-hybridized carbons (Fsp3) is 0.643. The van der Waals surface area contributed by atoms with Gasteiger partial charge in [0.1, 0.15) is 5.82 Å². The number of hydrogen-bond donors (Lipinski definition) is 1. The maximum atomic E-state index is 12.1. The van der Waals surface area contributed by atoms with Crippen LogP contribution >= 0.6 is 11.6 Å². The van der Waals surface area contributed by atoms with E-state index >= 15 is 0 Å². The minimum atomic E-state index is 0.207. The van der Waals surface area contributed by atoms with Crippen molar-refractivity contribution in [3.63, 3.8) is 0 Å². The Kier molecular flexibility index (Phi) is 4.14. The van der Waals surface area contributed by atoms with Gasteiger partial charge in [0.15, 0.2) is 0 Å². The van der Waals surface area contributed by atoms with Crippen molar-refractivity contribution < 1.29 is 4.79 Å². The van der Waals surface area contributed by atoms with Crippen molar-refractivity contribution in [1.29, 1.82) is 0 Å². The highest BCUT2D eigenvalue weighted by atomic mass is 35.5. The number of fused-ring (bicyclic) bond motifs is 1. The summed E-state index contributed by atoms with van der Waals surface area (Å²) in [5.74, 6) is 0.767. The van der Waals surface area contributed by atoms with Gasteiger partial charge in [-0.25, -0.2) is 14.8 Å². The third-order valence-corrected chi connectivity index (χ3v) is 4.35. The highest BCUT2D eigenvalue weighted by Crippen LogP contribution is 2.25. The number of rotatable bonds is 5. The van der Waals surface area contributed by atoms with E-state index in [0.29, 0.717) is 6.04 Å². The van der Waals surface area contributed by atoms with Crippen molar-refractivity contribution >= 4 is 23.4 Å². The summed E-state index contributed by atoms with van der Waals surface area (Å²) in [7, 11) is 0. The fourth-order valence-corrected chi connectivity index (χ4v) is 3.19. The lowest BCUT2D eigenvalue weighted by atomic mass is 10.2. The van der Waals surface area contributed by atoms with Crippen LogP contribution in [0.15, 0.2) is 6.20 Å². The monoisotopic (exact) mass is 309 g/mol. The average Bonchev–Trinajstić information content (AvgIpc) is 3.03. The number of nitrogens with zero attached hydrogens (tertiary/aromatic N) is 4. The van der Waals surface area contributed by atoms with Gasteiger partial charge in [0.25, 0.3) is 0 Å². The van der Waals surface area contributed by atoms with Crippen molar-refractivity contribution in [3.05, 3.63) is 17.0 Å². The first-order valence-corrected chi connectivity index (χ1v) is 7.81. The van der Waals surface area contributed by atoms with Crippen LogP contribution in [0.4, 0.5) is 10.6 Å². The lowest BCUT2D eigenvalue weighted by Crippen LogP contribution is -2.33. The van der Waals surface area contributed by atoms with Gasteiger partial charge >= 0.3 is 6.03 Å². The lowest BCUT2D eigenvalue weighted by Gasteiger charge is -2.17. The molecule has 0 aliphatic carbocycles. The number of halogens is 1. The normalized spacial score (nSPS) is 21.0. The summed E-state index contributed by atoms with van der Waals surface area (Å²) in [4.78, 5) is 24.2. The van der Waals surface area contributed by atoms with E-state index in [-0.39, 0.29) is 11.3 Å². The summed E-state index contributed by atoms with van der Waals surface area (Å²) in [6.45, 7) is 5.31. The number of aromatic nitrogens is 2. The molecule has 1 N–H and O–H groups in total. The van der Waals surface area contributed by atoms with E-state index in [1.807, 2.05) is 16.7 Å². The van der Waals surface area contributed by atoms with Crippen LogP contribution in [-0.4, -0.2) is 58.0 Å². The molecule has 7 heteroatoms. The van der Waals surface area contributed by atoms with Crippen LogP contribution in [0.25, 0.3) is 0 Å². The van der Waals surface area contributed by atoms with E-state index in [9.17, 15) is 4.79 Å². The molecule has 2 amide bonds. The van der Waals surface area contributed by atoms with Gasteiger partial charge in [-0.1, -0.05) is 0 Å². The number of nitrogens with one attached hydrogen (secondary N) is 1. The maximum Gasteiger partial charge on any atom is 0.320 e. The second-order valence-electron chi connectivity index (χ2n) is 5.67. The topological polar surface area (TPSA) is 61.4 Å². The largest absolute Gasteiger partial charge is 0.370 e. The van der Waals surface area contributed by atoms with Crippen molar-refractivity contribution in [3.8, 4) is 0 Å². The molecule has 114 valence electrons. The Labute approximate surface area is 129 Å². The molecule has 1 aromatic heterocycles. The van der Waals surface area contributed by atoms with Crippen molar-refractivity contribution in [2.24, 2.45) is 0 Å². The van der Waals surface area contributed by atoms with Crippen LogP contribution in [0.3, 0.4) is 0 Å². The van der Waals surface area contributed by atoms with Crippen LogP contribution in [0.1, 0.15) is 24.8 Å². The molecule has 21 heavy (non-hydrogen) atoms. The predicted octanol–water partition coefficient (Wildman–Crippen LogP) is 2.14. The summed E-state index contributed by atoms with van der Waals surface area (Å²) >= 11 is 5.79. The summed E-state index contributed by atoms with van der Waals surface area (Å²) in [5.41, 5.74) is 0.970. The maximum absolute atomic E-state index is 12.1. The molecule has 0 spiro atoms. The number of amides is 2. The summed E-state index contributed by atoms with van der Waals surface area (Å²) in [6, 6.07) is 0.659. The summed E-state index contributed by atoms with van der Waals surface area (Å²) < 4.78 is 0. The van der Waals surface area contributed by atoms with Gasteiger partial charge in [-0.15, -0.1) is 0 Å². The van der Waals surface area contributed by atoms with Gasteiger partial charge in [-0.05, 0) is 37.8 Å². The Hall–Kier alpha value is -1.56. The molecule has 0 radical (unpaired) electrons. The van der Waals surface area contributed by atoms with E-state index in [1.54, 1.807) is 6.20 Å². The molecule has 0 bridgehead atoms. The number of carbonyl (C=O) groups excluding carboxylic acids is 1. The Morgan fingerprint density at radius 1 is 1.52 bits per heavy atom. The number of anilines is 1. The molecule has 3 heterocycles. The first kappa shape index (κ1) is 14.4. The Bertz CT molecular complexity index is 538. The smallest absolute Gasteiger partial charge is 0.320 e. The standard InChI is InChI=1S/C14H20ClN5O/c1-10-8-17-13(15)18-12(10)16-5-3-6-19-9-11-4-2-7-20(11)14(19)21/h8,11H,2-7,9H2,1H3,(H,16,17,18)/t11-/m0/s1. The van der Waals surface area contributed by atoms with Crippen LogP contribution in [-0.2, 0) is 0 Å². The molecular weight excluding hydrogens is 290 g/mol. The Morgan fingerprint density at radius 3 is 3.19 bits per heavy atom. The SMILES string of the molecule is Cc1cnc(Cl)nc1NCCCN1C[C@@H]2CCCN2C1=O. The Balaban J connectivity index is 1.44. The Morgan fingerprint density at radius 2 is 2.38 bits per heavy atom. The summed E-state index contributed by atoms with van der Waals surface area (Å²) in [5, 5.41) is 3.50. The van der Waals surface area contributed by atoms with Crippen LogP contribution < -0.4 is 5.32 Å². The zero-order valence-electron chi connectivity index (χ0n) is 12.2. The minimum Gasteiger partial charge on any atom is -0.370 e. The van der Waals surface area contributed by atoms with E-state index in [4.69, 9.17) is 11.6 Å². The number of urea groups is 1. The number of hydrogen-bond acceptors (Lipinski definition) is 4. The predicted molar refractivity (Wildman–Crippen MR) is 81.6 cm³/mol. The van der Waals surface area contributed by atoms with Gasteiger partial charge in [0.2, 0.25) is 5.28 Å². The molecule has 0 saturated carbocycles. The van der Waals surface area contributed by atoms with Crippen molar-refractivity contribution in [2.75, 3.05) is 31.5 Å². The average molecular weight is 310 g/mol.